The van der Waals surface area contributed by atoms with E-state index in [2.05, 4.69) is 20.4 Å². The Morgan fingerprint density at radius 2 is 2.18 bits per heavy atom. The lowest BCUT2D eigenvalue weighted by Gasteiger charge is -2.30. The maximum Gasteiger partial charge on any atom is 0.573 e. The number of benzene rings is 1. The van der Waals surface area contributed by atoms with Crippen LogP contribution in [0.25, 0.3) is 0 Å². The summed E-state index contributed by atoms with van der Waals surface area (Å²) in [6.07, 6.45) is -3.01. The molecule has 1 aromatic carbocycles. The van der Waals surface area contributed by atoms with Crippen LogP contribution in [0.2, 0.25) is 0 Å². The fraction of sp³-hybridized carbons (Fsp3) is 0.333. The maximum atomic E-state index is 14.0. The first kappa shape index (κ1) is 19.7. The van der Waals surface area contributed by atoms with Crippen LogP contribution in [0.5, 0.6) is 5.75 Å². The molecule has 0 fully saturated rings. The van der Waals surface area contributed by atoms with Gasteiger partial charge in [0.2, 0.25) is 0 Å². The Labute approximate surface area is 158 Å². The fourth-order valence-corrected chi connectivity index (χ4v) is 2.95. The van der Waals surface area contributed by atoms with Gasteiger partial charge in [0.1, 0.15) is 0 Å². The quantitative estimate of drug-likeness (QED) is 0.758. The van der Waals surface area contributed by atoms with Crippen molar-refractivity contribution in [3.05, 3.63) is 47.9 Å². The molecule has 1 unspecified atom stereocenters. The highest BCUT2D eigenvalue weighted by Gasteiger charge is 2.32. The smallest absolute Gasteiger partial charge is 0.403 e. The van der Waals surface area contributed by atoms with E-state index in [1.54, 1.807) is 25.3 Å². The predicted octanol–water partition coefficient (Wildman–Crippen LogP) is 4.21. The Hall–Kier alpha value is -3.04. The number of pyridine rings is 1. The first-order valence-corrected chi connectivity index (χ1v) is 8.60. The number of hydrogen-bond donors (Lipinski definition) is 2. The standard InChI is InChI=1S/C18H18F4N4O2/c1-2-13(11-5-6-15(12(19)10-11)28-18(20,21)22)25-17(27)26-9-8-23-14-4-3-7-24-16(14)26/h3-7,10,13,23H,2,8-9H2,1H3,(H,25,27). The van der Waals surface area contributed by atoms with Crippen LogP contribution in [-0.2, 0) is 0 Å². The molecule has 1 atom stereocenters. The van der Waals surface area contributed by atoms with E-state index < -0.39 is 30.0 Å². The number of alkyl halides is 3. The third-order valence-electron chi connectivity index (χ3n) is 4.23. The first-order valence-electron chi connectivity index (χ1n) is 8.60. The molecule has 0 saturated heterocycles. The molecule has 1 aromatic heterocycles. The van der Waals surface area contributed by atoms with Crippen molar-refractivity contribution in [2.24, 2.45) is 0 Å². The lowest BCUT2D eigenvalue weighted by molar-refractivity contribution is -0.275. The van der Waals surface area contributed by atoms with Gasteiger partial charge in [0, 0.05) is 19.3 Å². The molecule has 2 aromatic rings. The predicted molar refractivity (Wildman–Crippen MR) is 94.7 cm³/mol. The van der Waals surface area contributed by atoms with Crippen LogP contribution in [0.1, 0.15) is 24.9 Å². The van der Waals surface area contributed by atoms with E-state index in [4.69, 9.17) is 0 Å². The van der Waals surface area contributed by atoms with Crippen molar-refractivity contribution >= 4 is 17.5 Å². The molecule has 10 heteroatoms. The summed E-state index contributed by atoms with van der Waals surface area (Å²) in [5.74, 6) is -1.60. The van der Waals surface area contributed by atoms with Gasteiger partial charge < -0.3 is 15.4 Å². The van der Waals surface area contributed by atoms with E-state index in [0.29, 0.717) is 30.9 Å². The monoisotopic (exact) mass is 398 g/mol. The molecule has 1 aliphatic heterocycles. The Balaban J connectivity index is 1.76. The molecular formula is C18H18F4N4O2. The third kappa shape index (κ3) is 4.44. The number of rotatable bonds is 4. The van der Waals surface area contributed by atoms with Crippen LogP contribution in [0.4, 0.5) is 33.9 Å². The Kier molecular flexibility index (Phi) is 5.57. The zero-order valence-electron chi connectivity index (χ0n) is 14.9. The van der Waals surface area contributed by atoms with E-state index >= 15 is 0 Å². The average Bonchev–Trinajstić information content (AvgIpc) is 2.66. The number of nitrogens with zero attached hydrogens (tertiary/aromatic N) is 2. The Bertz CT molecular complexity index is 860. The van der Waals surface area contributed by atoms with E-state index in [0.717, 1.165) is 17.8 Å². The normalized spacial score (nSPS) is 14.7. The molecule has 3 rings (SSSR count). The number of aromatic nitrogens is 1. The van der Waals surface area contributed by atoms with E-state index in [1.165, 1.54) is 11.0 Å². The van der Waals surface area contributed by atoms with Crippen molar-refractivity contribution < 1.29 is 27.1 Å². The molecule has 0 bridgehead atoms. The number of amides is 2. The summed E-state index contributed by atoms with van der Waals surface area (Å²) >= 11 is 0. The molecule has 1 aliphatic rings. The van der Waals surface area contributed by atoms with Crippen LogP contribution >= 0.6 is 0 Å². The minimum atomic E-state index is -4.98. The second-order valence-corrected chi connectivity index (χ2v) is 6.10. The molecule has 2 heterocycles. The Morgan fingerprint density at radius 1 is 1.39 bits per heavy atom. The number of anilines is 2. The number of fused-ring (bicyclic) bond motifs is 1. The summed E-state index contributed by atoms with van der Waals surface area (Å²) in [7, 11) is 0. The molecule has 0 saturated carbocycles. The van der Waals surface area contributed by atoms with E-state index in [-0.39, 0.29) is 0 Å². The molecule has 2 N–H and O–H groups in total. The fourth-order valence-electron chi connectivity index (χ4n) is 2.95. The van der Waals surface area contributed by atoms with E-state index in [9.17, 15) is 22.4 Å². The van der Waals surface area contributed by atoms with Crippen LogP contribution in [0, 0.1) is 5.82 Å². The molecule has 0 aliphatic carbocycles. The van der Waals surface area contributed by atoms with Gasteiger partial charge in [-0.05, 0) is 36.2 Å². The molecule has 28 heavy (non-hydrogen) atoms. The highest BCUT2D eigenvalue weighted by atomic mass is 19.4. The van der Waals surface area contributed by atoms with Crippen LogP contribution < -0.4 is 20.3 Å². The van der Waals surface area contributed by atoms with Gasteiger partial charge in [0.25, 0.3) is 0 Å². The summed E-state index contributed by atoms with van der Waals surface area (Å²) in [6, 6.07) is 5.65. The lowest BCUT2D eigenvalue weighted by Crippen LogP contribution is -2.46. The average molecular weight is 398 g/mol. The maximum absolute atomic E-state index is 14.0. The van der Waals surface area contributed by atoms with Gasteiger partial charge in [0.15, 0.2) is 17.4 Å². The van der Waals surface area contributed by atoms with Gasteiger partial charge in [-0.25, -0.2) is 14.2 Å². The van der Waals surface area contributed by atoms with Crippen molar-refractivity contribution in [3.8, 4) is 5.75 Å². The minimum absolute atomic E-state index is 0.333. The van der Waals surface area contributed by atoms with E-state index in [1.807, 2.05) is 0 Å². The van der Waals surface area contributed by atoms with Crippen molar-refractivity contribution in [1.82, 2.24) is 10.3 Å². The second-order valence-electron chi connectivity index (χ2n) is 6.10. The second kappa shape index (κ2) is 7.91. The zero-order valence-corrected chi connectivity index (χ0v) is 14.9. The molecular weight excluding hydrogens is 380 g/mol. The zero-order chi connectivity index (χ0) is 20.3. The SMILES string of the molecule is CCC(NC(=O)N1CCNc2cccnc21)c1ccc(OC(F)(F)F)c(F)c1. The molecule has 0 radical (unpaired) electrons. The number of carbonyl (C=O) groups excluding carboxylic acids is 1. The van der Waals surface area contributed by atoms with Crippen LogP contribution in [0.15, 0.2) is 36.5 Å². The summed E-state index contributed by atoms with van der Waals surface area (Å²) < 4.78 is 54.5. The summed E-state index contributed by atoms with van der Waals surface area (Å²) in [5, 5.41) is 5.92. The van der Waals surface area contributed by atoms with Gasteiger partial charge in [0.05, 0.1) is 11.7 Å². The molecule has 150 valence electrons. The van der Waals surface area contributed by atoms with Gasteiger partial charge in [-0.1, -0.05) is 13.0 Å². The van der Waals surface area contributed by atoms with Gasteiger partial charge >= 0.3 is 12.4 Å². The van der Waals surface area contributed by atoms with Crippen LogP contribution in [-0.4, -0.2) is 30.5 Å². The topological polar surface area (TPSA) is 66.5 Å². The first-order chi connectivity index (χ1) is 13.3. The Morgan fingerprint density at radius 3 is 2.86 bits per heavy atom. The minimum Gasteiger partial charge on any atom is -0.403 e. The van der Waals surface area contributed by atoms with Gasteiger partial charge in [-0.2, -0.15) is 0 Å². The van der Waals surface area contributed by atoms with Crippen molar-refractivity contribution in [1.29, 1.82) is 0 Å². The highest BCUT2D eigenvalue weighted by Crippen LogP contribution is 2.30. The lowest BCUT2D eigenvalue weighted by atomic mass is 10.0. The summed E-state index contributed by atoms with van der Waals surface area (Å²) in [5.41, 5.74) is 1.05. The summed E-state index contributed by atoms with van der Waals surface area (Å²) in [6.45, 7) is 2.70. The molecule has 0 spiro atoms. The van der Waals surface area contributed by atoms with Crippen molar-refractivity contribution in [3.63, 3.8) is 0 Å². The largest absolute Gasteiger partial charge is 0.573 e. The number of nitrogens with one attached hydrogen (secondary N) is 2. The number of halogens is 4. The third-order valence-corrected chi connectivity index (χ3v) is 4.23. The molecule has 2 amide bonds. The van der Waals surface area contributed by atoms with Crippen molar-refractivity contribution in [2.45, 2.75) is 25.7 Å². The van der Waals surface area contributed by atoms with Crippen LogP contribution in [0.3, 0.4) is 0 Å². The number of urea groups is 1. The number of hydrogen-bond acceptors (Lipinski definition) is 4. The van der Waals surface area contributed by atoms with Gasteiger partial charge in [-0.3, -0.25) is 4.90 Å². The highest BCUT2D eigenvalue weighted by molar-refractivity contribution is 5.95. The molecule has 6 nitrogen and oxygen atoms in total. The number of ether oxygens (including phenoxy) is 1. The van der Waals surface area contributed by atoms with Crippen molar-refractivity contribution in [2.75, 3.05) is 23.3 Å². The summed E-state index contributed by atoms with van der Waals surface area (Å²) in [4.78, 5) is 18.4. The number of carbonyl (C=O) groups is 1. The van der Waals surface area contributed by atoms with Gasteiger partial charge in [-0.15, -0.1) is 13.2 Å².